The first-order valence-corrected chi connectivity index (χ1v) is 7.26. The Morgan fingerprint density at radius 1 is 1.18 bits per heavy atom. The molecule has 1 amide bonds. The third-order valence-electron chi connectivity index (χ3n) is 3.07. The summed E-state index contributed by atoms with van der Waals surface area (Å²) in [6.07, 6.45) is 2.26. The van der Waals surface area contributed by atoms with Gasteiger partial charge in [0, 0.05) is 11.6 Å². The van der Waals surface area contributed by atoms with Gasteiger partial charge in [0.15, 0.2) is 0 Å². The van der Waals surface area contributed by atoms with Crippen LogP contribution in [0.2, 0.25) is 5.02 Å². The van der Waals surface area contributed by atoms with Crippen LogP contribution in [0.1, 0.15) is 11.1 Å². The van der Waals surface area contributed by atoms with Gasteiger partial charge in [-0.2, -0.15) is 5.26 Å². The number of nitriles is 1. The van der Waals surface area contributed by atoms with Crippen molar-refractivity contribution in [2.75, 3.05) is 6.54 Å². The molecule has 2 rings (SSSR count). The molecule has 22 heavy (non-hydrogen) atoms. The summed E-state index contributed by atoms with van der Waals surface area (Å²) in [6.45, 7) is 0.484. The summed E-state index contributed by atoms with van der Waals surface area (Å²) in [7, 11) is 0. The molecule has 2 aromatic carbocycles. The molecule has 0 fully saturated rings. The van der Waals surface area contributed by atoms with Crippen LogP contribution in [0.3, 0.4) is 0 Å². The van der Waals surface area contributed by atoms with Crippen molar-refractivity contribution in [1.82, 2.24) is 5.32 Å². The zero-order valence-corrected chi connectivity index (χ0v) is 12.7. The molecule has 0 bridgehead atoms. The number of carbonyl (C=O) groups excluding carboxylic acids is 1. The quantitative estimate of drug-likeness (QED) is 0.677. The van der Waals surface area contributed by atoms with E-state index in [1.807, 2.05) is 36.4 Å². The fourth-order valence-electron chi connectivity index (χ4n) is 1.97. The first-order valence-electron chi connectivity index (χ1n) is 6.88. The van der Waals surface area contributed by atoms with Gasteiger partial charge >= 0.3 is 0 Å². The monoisotopic (exact) mass is 310 g/mol. The number of hydrogen-bond donors (Lipinski definition) is 1. The topological polar surface area (TPSA) is 52.9 Å². The lowest BCUT2D eigenvalue weighted by molar-refractivity contribution is -0.117. The van der Waals surface area contributed by atoms with Crippen LogP contribution in [0, 0.1) is 11.3 Å². The van der Waals surface area contributed by atoms with Crippen molar-refractivity contribution in [3.8, 4) is 6.07 Å². The normalized spacial score (nSPS) is 10.8. The molecule has 0 aliphatic carbocycles. The van der Waals surface area contributed by atoms with Crippen molar-refractivity contribution < 1.29 is 4.79 Å². The Kier molecular flexibility index (Phi) is 5.76. The first-order chi connectivity index (χ1) is 10.7. The SMILES string of the molecule is N#C/C(=C/c1cccc(Cl)c1)C(=O)NCCc1ccccc1. The van der Waals surface area contributed by atoms with Gasteiger partial charge in [0.05, 0.1) is 0 Å². The van der Waals surface area contributed by atoms with Crippen molar-refractivity contribution in [2.24, 2.45) is 0 Å². The van der Waals surface area contributed by atoms with Gasteiger partial charge in [-0.05, 0) is 35.8 Å². The van der Waals surface area contributed by atoms with E-state index in [0.29, 0.717) is 11.6 Å². The Morgan fingerprint density at radius 3 is 2.64 bits per heavy atom. The highest BCUT2D eigenvalue weighted by atomic mass is 35.5. The lowest BCUT2D eigenvalue weighted by Gasteiger charge is -2.04. The van der Waals surface area contributed by atoms with Gasteiger partial charge in [0.2, 0.25) is 0 Å². The van der Waals surface area contributed by atoms with Crippen LogP contribution in [-0.4, -0.2) is 12.5 Å². The third-order valence-corrected chi connectivity index (χ3v) is 3.30. The van der Waals surface area contributed by atoms with E-state index < -0.39 is 0 Å². The average Bonchev–Trinajstić information content (AvgIpc) is 2.53. The fourth-order valence-corrected chi connectivity index (χ4v) is 2.17. The van der Waals surface area contributed by atoms with Gasteiger partial charge in [0.25, 0.3) is 5.91 Å². The lowest BCUT2D eigenvalue weighted by Crippen LogP contribution is -2.26. The summed E-state index contributed by atoms with van der Waals surface area (Å²) in [5.74, 6) is -0.376. The van der Waals surface area contributed by atoms with Gasteiger partial charge in [-0.1, -0.05) is 54.1 Å². The predicted molar refractivity (Wildman–Crippen MR) is 88.2 cm³/mol. The average molecular weight is 311 g/mol. The van der Waals surface area contributed by atoms with Crippen LogP contribution in [0.25, 0.3) is 6.08 Å². The van der Waals surface area contributed by atoms with Crippen LogP contribution < -0.4 is 5.32 Å². The Balaban J connectivity index is 1.96. The predicted octanol–water partition coefficient (Wildman–Crippen LogP) is 3.61. The molecule has 2 aromatic rings. The summed E-state index contributed by atoms with van der Waals surface area (Å²) < 4.78 is 0. The molecule has 0 spiro atoms. The van der Waals surface area contributed by atoms with Crippen molar-refractivity contribution >= 4 is 23.6 Å². The van der Waals surface area contributed by atoms with Crippen LogP contribution in [-0.2, 0) is 11.2 Å². The molecule has 0 radical (unpaired) electrons. The summed E-state index contributed by atoms with van der Waals surface area (Å²) >= 11 is 5.89. The Labute approximate surface area is 134 Å². The molecule has 0 heterocycles. The minimum atomic E-state index is -0.376. The molecule has 110 valence electrons. The molecule has 1 N–H and O–H groups in total. The number of nitrogens with one attached hydrogen (secondary N) is 1. The largest absolute Gasteiger partial charge is 0.351 e. The van der Waals surface area contributed by atoms with E-state index in [4.69, 9.17) is 16.9 Å². The summed E-state index contributed by atoms with van der Waals surface area (Å²) in [5, 5.41) is 12.5. The van der Waals surface area contributed by atoms with Crippen LogP contribution in [0.15, 0.2) is 60.2 Å². The summed E-state index contributed by atoms with van der Waals surface area (Å²) in [6, 6.07) is 18.8. The van der Waals surface area contributed by atoms with Crippen molar-refractivity contribution in [2.45, 2.75) is 6.42 Å². The third kappa shape index (κ3) is 4.76. The molecular weight excluding hydrogens is 296 g/mol. The van der Waals surface area contributed by atoms with Gasteiger partial charge < -0.3 is 5.32 Å². The number of nitrogens with zero attached hydrogens (tertiary/aromatic N) is 1. The highest BCUT2D eigenvalue weighted by molar-refractivity contribution is 6.30. The first kappa shape index (κ1) is 15.8. The minimum Gasteiger partial charge on any atom is -0.351 e. The molecule has 0 aromatic heterocycles. The smallest absolute Gasteiger partial charge is 0.261 e. The lowest BCUT2D eigenvalue weighted by atomic mass is 10.1. The molecule has 4 heteroatoms. The number of halogens is 1. The van der Waals surface area contributed by atoms with Crippen molar-refractivity contribution in [3.05, 3.63) is 76.3 Å². The van der Waals surface area contributed by atoms with E-state index in [-0.39, 0.29) is 11.5 Å². The van der Waals surface area contributed by atoms with Gasteiger partial charge in [-0.15, -0.1) is 0 Å². The Bertz CT molecular complexity index is 717. The van der Waals surface area contributed by atoms with Crippen LogP contribution in [0.5, 0.6) is 0 Å². The second kappa shape index (κ2) is 8.02. The second-order valence-corrected chi connectivity index (χ2v) is 5.15. The number of rotatable bonds is 5. The Hall–Kier alpha value is -2.57. The molecule has 3 nitrogen and oxygen atoms in total. The number of amides is 1. The van der Waals surface area contributed by atoms with E-state index in [9.17, 15) is 4.79 Å². The fraction of sp³-hybridized carbons (Fsp3) is 0.111. The molecular formula is C18H15ClN2O. The molecule has 0 aliphatic heterocycles. The standard InChI is InChI=1S/C18H15ClN2O/c19-17-8-4-7-15(12-17)11-16(13-20)18(22)21-10-9-14-5-2-1-3-6-14/h1-8,11-12H,9-10H2,(H,21,22)/b16-11-. The van der Waals surface area contributed by atoms with E-state index in [0.717, 1.165) is 17.5 Å². The minimum absolute atomic E-state index is 0.0651. The highest BCUT2D eigenvalue weighted by Gasteiger charge is 2.08. The summed E-state index contributed by atoms with van der Waals surface area (Å²) in [4.78, 5) is 12.0. The van der Waals surface area contributed by atoms with Crippen molar-refractivity contribution in [1.29, 1.82) is 5.26 Å². The second-order valence-electron chi connectivity index (χ2n) is 4.72. The van der Waals surface area contributed by atoms with Crippen LogP contribution >= 0.6 is 11.6 Å². The molecule has 0 saturated heterocycles. The number of carbonyl (C=O) groups is 1. The summed E-state index contributed by atoms with van der Waals surface area (Å²) in [5.41, 5.74) is 1.93. The van der Waals surface area contributed by atoms with E-state index >= 15 is 0 Å². The van der Waals surface area contributed by atoms with E-state index in [2.05, 4.69) is 5.32 Å². The zero-order valence-electron chi connectivity index (χ0n) is 11.9. The van der Waals surface area contributed by atoms with Gasteiger partial charge in [-0.25, -0.2) is 0 Å². The molecule has 0 saturated carbocycles. The zero-order chi connectivity index (χ0) is 15.8. The van der Waals surface area contributed by atoms with Crippen LogP contribution in [0.4, 0.5) is 0 Å². The van der Waals surface area contributed by atoms with Crippen molar-refractivity contribution in [3.63, 3.8) is 0 Å². The number of hydrogen-bond acceptors (Lipinski definition) is 2. The van der Waals surface area contributed by atoms with Gasteiger partial charge in [0.1, 0.15) is 11.6 Å². The molecule has 0 atom stereocenters. The maximum atomic E-state index is 12.0. The van der Waals surface area contributed by atoms with E-state index in [1.165, 1.54) is 6.08 Å². The Morgan fingerprint density at radius 2 is 1.95 bits per heavy atom. The maximum Gasteiger partial charge on any atom is 0.261 e. The number of benzene rings is 2. The highest BCUT2D eigenvalue weighted by Crippen LogP contribution is 2.13. The van der Waals surface area contributed by atoms with Gasteiger partial charge in [-0.3, -0.25) is 4.79 Å². The molecule has 0 unspecified atom stereocenters. The van der Waals surface area contributed by atoms with E-state index in [1.54, 1.807) is 24.3 Å². The molecule has 0 aliphatic rings. The maximum absolute atomic E-state index is 12.0.